The Labute approximate surface area is 183 Å². The average molecular weight is 445 g/mol. The molecule has 1 fully saturated rings. The zero-order chi connectivity index (χ0) is 22.3. The summed E-state index contributed by atoms with van der Waals surface area (Å²) in [5.74, 6) is -0.157. The van der Waals surface area contributed by atoms with E-state index in [4.69, 9.17) is 0 Å². The molecule has 0 bridgehead atoms. The van der Waals surface area contributed by atoms with Gasteiger partial charge in [-0.3, -0.25) is 19.2 Å². The number of anilines is 1. The van der Waals surface area contributed by atoms with Gasteiger partial charge in [0.15, 0.2) is 0 Å². The van der Waals surface area contributed by atoms with E-state index >= 15 is 0 Å². The van der Waals surface area contributed by atoms with Crippen LogP contribution < -0.4 is 10.0 Å². The SMILES string of the molecule is CCCNC(=O)CN1CCN(C(=O)c2cccc(NS(=O)(=O)c3ccccc3)c2)CC1. The largest absolute Gasteiger partial charge is 0.355 e. The second kappa shape index (κ2) is 10.4. The van der Waals surface area contributed by atoms with Gasteiger partial charge in [-0.25, -0.2) is 8.42 Å². The molecule has 1 heterocycles. The van der Waals surface area contributed by atoms with Crippen molar-refractivity contribution in [1.82, 2.24) is 15.1 Å². The number of carbonyl (C=O) groups is 2. The van der Waals surface area contributed by atoms with E-state index in [-0.39, 0.29) is 16.7 Å². The number of amides is 2. The van der Waals surface area contributed by atoms with Gasteiger partial charge in [-0.05, 0) is 36.8 Å². The number of nitrogens with one attached hydrogen (secondary N) is 2. The fourth-order valence-electron chi connectivity index (χ4n) is 3.34. The van der Waals surface area contributed by atoms with Gasteiger partial charge >= 0.3 is 0 Å². The monoisotopic (exact) mass is 444 g/mol. The lowest BCUT2D eigenvalue weighted by Gasteiger charge is -2.34. The average Bonchev–Trinajstić information content (AvgIpc) is 2.78. The summed E-state index contributed by atoms with van der Waals surface area (Å²) in [6.07, 6.45) is 0.897. The quantitative estimate of drug-likeness (QED) is 0.647. The molecular weight excluding hydrogens is 416 g/mol. The number of nitrogens with zero attached hydrogens (tertiary/aromatic N) is 2. The zero-order valence-electron chi connectivity index (χ0n) is 17.6. The van der Waals surface area contributed by atoms with Crippen molar-refractivity contribution >= 4 is 27.5 Å². The minimum atomic E-state index is -3.73. The van der Waals surface area contributed by atoms with Crippen LogP contribution in [0.15, 0.2) is 59.5 Å². The summed E-state index contributed by atoms with van der Waals surface area (Å²) in [5, 5.41) is 2.86. The lowest BCUT2D eigenvalue weighted by molar-refractivity contribution is -0.122. The zero-order valence-corrected chi connectivity index (χ0v) is 18.4. The molecule has 0 spiro atoms. The van der Waals surface area contributed by atoms with Crippen molar-refractivity contribution in [2.24, 2.45) is 0 Å². The fraction of sp³-hybridized carbons (Fsp3) is 0.364. The Kier molecular flexibility index (Phi) is 7.64. The predicted octanol–water partition coefficient (Wildman–Crippen LogP) is 1.77. The van der Waals surface area contributed by atoms with Gasteiger partial charge in [0.2, 0.25) is 5.91 Å². The molecule has 0 atom stereocenters. The first-order valence-electron chi connectivity index (χ1n) is 10.4. The van der Waals surface area contributed by atoms with Crippen LogP contribution in [0.3, 0.4) is 0 Å². The minimum absolute atomic E-state index is 0.0000255. The van der Waals surface area contributed by atoms with Crippen LogP contribution in [0, 0.1) is 0 Å². The molecule has 9 heteroatoms. The Balaban J connectivity index is 1.59. The Morgan fingerprint density at radius 1 is 0.968 bits per heavy atom. The van der Waals surface area contributed by atoms with Crippen molar-refractivity contribution in [3.63, 3.8) is 0 Å². The van der Waals surface area contributed by atoms with Gasteiger partial charge in [-0.1, -0.05) is 31.2 Å². The first-order chi connectivity index (χ1) is 14.9. The standard InChI is InChI=1S/C22H28N4O4S/c1-2-11-23-21(27)17-25-12-14-26(15-13-25)22(28)18-7-6-8-19(16-18)24-31(29,30)20-9-4-3-5-10-20/h3-10,16,24H,2,11-15,17H2,1H3,(H,23,27). The molecule has 1 saturated heterocycles. The molecule has 8 nitrogen and oxygen atoms in total. The highest BCUT2D eigenvalue weighted by Gasteiger charge is 2.23. The smallest absolute Gasteiger partial charge is 0.261 e. The van der Waals surface area contributed by atoms with Gasteiger partial charge < -0.3 is 10.2 Å². The summed E-state index contributed by atoms with van der Waals surface area (Å²) in [6, 6.07) is 14.6. The molecule has 31 heavy (non-hydrogen) atoms. The van der Waals surface area contributed by atoms with Gasteiger partial charge in [0.25, 0.3) is 15.9 Å². The number of hydrogen-bond acceptors (Lipinski definition) is 5. The molecule has 2 aromatic carbocycles. The van der Waals surface area contributed by atoms with Gasteiger partial charge in [0.05, 0.1) is 11.4 Å². The van der Waals surface area contributed by atoms with E-state index < -0.39 is 10.0 Å². The van der Waals surface area contributed by atoms with Crippen LogP contribution in [-0.4, -0.2) is 69.3 Å². The Hall–Kier alpha value is -2.91. The molecule has 0 aliphatic carbocycles. The third kappa shape index (κ3) is 6.28. The van der Waals surface area contributed by atoms with E-state index in [1.54, 1.807) is 47.4 Å². The molecule has 166 valence electrons. The van der Waals surface area contributed by atoms with Crippen LogP contribution in [-0.2, 0) is 14.8 Å². The highest BCUT2D eigenvalue weighted by molar-refractivity contribution is 7.92. The van der Waals surface area contributed by atoms with E-state index in [1.807, 2.05) is 11.8 Å². The molecule has 0 radical (unpaired) electrons. The van der Waals surface area contributed by atoms with Crippen LogP contribution in [0.4, 0.5) is 5.69 Å². The molecule has 0 aromatic heterocycles. The van der Waals surface area contributed by atoms with E-state index in [1.165, 1.54) is 12.1 Å². The summed E-state index contributed by atoms with van der Waals surface area (Å²) in [5.41, 5.74) is 0.753. The van der Waals surface area contributed by atoms with Crippen molar-refractivity contribution in [2.75, 3.05) is 44.0 Å². The maximum atomic E-state index is 12.9. The van der Waals surface area contributed by atoms with Crippen molar-refractivity contribution in [2.45, 2.75) is 18.2 Å². The lowest BCUT2D eigenvalue weighted by atomic mass is 10.1. The van der Waals surface area contributed by atoms with Gasteiger partial charge in [-0.2, -0.15) is 0 Å². The highest BCUT2D eigenvalue weighted by Crippen LogP contribution is 2.18. The molecule has 1 aliphatic heterocycles. The van der Waals surface area contributed by atoms with Crippen LogP contribution in [0.2, 0.25) is 0 Å². The third-order valence-electron chi connectivity index (χ3n) is 5.01. The Bertz CT molecular complexity index is 1000. The molecule has 2 amide bonds. The number of rotatable bonds is 8. The molecule has 1 aliphatic rings. The molecule has 2 aromatic rings. The predicted molar refractivity (Wildman–Crippen MR) is 119 cm³/mol. The summed E-state index contributed by atoms with van der Waals surface area (Å²) in [7, 11) is -3.73. The van der Waals surface area contributed by atoms with Gasteiger partial charge in [-0.15, -0.1) is 0 Å². The number of benzene rings is 2. The summed E-state index contributed by atoms with van der Waals surface area (Å²) in [6.45, 7) is 5.27. The van der Waals surface area contributed by atoms with Crippen molar-refractivity contribution in [1.29, 1.82) is 0 Å². The van der Waals surface area contributed by atoms with E-state index in [2.05, 4.69) is 10.0 Å². The molecule has 2 N–H and O–H groups in total. The maximum Gasteiger partial charge on any atom is 0.261 e. The van der Waals surface area contributed by atoms with E-state index in [0.717, 1.165) is 6.42 Å². The normalized spacial score (nSPS) is 14.8. The first kappa shape index (κ1) is 22.8. The number of sulfonamides is 1. The molecule has 0 saturated carbocycles. The van der Waals surface area contributed by atoms with Gasteiger partial charge in [0, 0.05) is 44.0 Å². The van der Waals surface area contributed by atoms with Crippen molar-refractivity contribution in [3.05, 3.63) is 60.2 Å². The van der Waals surface area contributed by atoms with Crippen molar-refractivity contribution in [3.8, 4) is 0 Å². The van der Waals surface area contributed by atoms with Crippen LogP contribution in [0.25, 0.3) is 0 Å². The molecule has 0 unspecified atom stereocenters. The second-order valence-electron chi connectivity index (χ2n) is 7.42. The van der Waals surface area contributed by atoms with Gasteiger partial charge in [0.1, 0.15) is 0 Å². The van der Waals surface area contributed by atoms with Crippen LogP contribution in [0.5, 0.6) is 0 Å². The van der Waals surface area contributed by atoms with E-state index in [9.17, 15) is 18.0 Å². The highest BCUT2D eigenvalue weighted by atomic mass is 32.2. The fourth-order valence-corrected chi connectivity index (χ4v) is 4.42. The Morgan fingerprint density at radius 3 is 2.35 bits per heavy atom. The third-order valence-corrected chi connectivity index (χ3v) is 6.41. The lowest BCUT2D eigenvalue weighted by Crippen LogP contribution is -2.51. The first-order valence-corrected chi connectivity index (χ1v) is 11.8. The summed E-state index contributed by atoms with van der Waals surface area (Å²) < 4.78 is 27.6. The second-order valence-corrected chi connectivity index (χ2v) is 9.10. The maximum absolute atomic E-state index is 12.9. The topological polar surface area (TPSA) is 98.8 Å². The van der Waals surface area contributed by atoms with E-state index in [0.29, 0.717) is 50.5 Å². The van der Waals surface area contributed by atoms with Crippen LogP contribution in [0.1, 0.15) is 23.7 Å². The Morgan fingerprint density at radius 2 is 1.68 bits per heavy atom. The number of carbonyl (C=O) groups excluding carboxylic acids is 2. The van der Waals surface area contributed by atoms with Crippen molar-refractivity contribution < 1.29 is 18.0 Å². The number of hydrogen-bond donors (Lipinski definition) is 2. The number of piperazine rings is 1. The minimum Gasteiger partial charge on any atom is -0.355 e. The molecule has 3 rings (SSSR count). The summed E-state index contributed by atoms with van der Waals surface area (Å²) in [4.78, 5) is 28.7. The summed E-state index contributed by atoms with van der Waals surface area (Å²) >= 11 is 0. The molecular formula is C22H28N4O4S. The van der Waals surface area contributed by atoms with Crippen LogP contribution >= 0.6 is 0 Å².